The van der Waals surface area contributed by atoms with Crippen molar-refractivity contribution in [2.45, 2.75) is 13.0 Å². The molecule has 0 spiro atoms. The lowest BCUT2D eigenvalue weighted by molar-refractivity contribution is -0.132. The lowest BCUT2D eigenvalue weighted by Crippen LogP contribution is -2.29. The van der Waals surface area contributed by atoms with Crippen molar-refractivity contribution in [1.29, 1.82) is 0 Å². The third-order valence-electron chi connectivity index (χ3n) is 5.13. The van der Waals surface area contributed by atoms with Crippen LogP contribution in [0.25, 0.3) is 5.76 Å². The normalized spacial score (nSPS) is 17.5. The maximum absolute atomic E-state index is 13.2. The van der Waals surface area contributed by atoms with Crippen LogP contribution >= 0.6 is 23.2 Å². The van der Waals surface area contributed by atoms with Gasteiger partial charge in [0.1, 0.15) is 29.1 Å². The molecule has 1 aromatic heterocycles. The summed E-state index contributed by atoms with van der Waals surface area (Å²) in [6.45, 7) is 2.27. The number of furan rings is 1. The molecule has 1 amide bonds. The van der Waals surface area contributed by atoms with Crippen molar-refractivity contribution in [1.82, 2.24) is 0 Å². The average molecular weight is 488 g/mol. The molecule has 9 heteroatoms. The first-order valence-electron chi connectivity index (χ1n) is 9.98. The number of hydrogen-bond acceptors (Lipinski definition) is 6. The van der Waals surface area contributed by atoms with Gasteiger partial charge in [0.2, 0.25) is 0 Å². The molecule has 2 aromatic carbocycles. The Morgan fingerprint density at radius 3 is 2.61 bits per heavy atom. The largest absolute Gasteiger partial charge is 0.507 e. The Hall–Kier alpha value is -3.42. The van der Waals surface area contributed by atoms with Crippen molar-refractivity contribution >= 4 is 46.3 Å². The molecule has 1 fully saturated rings. The minimum Gasteiger partial charge on any atom is -0.507 e. The van der Waals surface area contributed by atoms with Gasteiger partial charge in [0.05, 0.1) is 36.1 Å². The molecule has 2 heterocycles. The topological polar surface area (TPSA) is 89.2 Å². The zero-order valence-corrected chi connectivity index (χ0v) is 19.2. The number of carbonyl (C=O) groups excluding carboxylic acids is 2. The fourth-order valence-electron chi connectivity index (χ4n) is 3.79. The van der Waals surface area contributed by atoms with Crippen molar-refractivity contribution in [3.05, 3.63) is 81.7 Å². The number of ether oxygens (including phenoxy) is 2. The molecular formula is C24H19Cl2NO6. The van der Waals surface area contributed by atoms with Crippen LogP contribution < -0.4 is 14.4 Å². The molecule has 33 heavy (non-hydrogen) atoms. The summed E-state index contributed by atoms with van der Waals surface area (Å²) in [5.41, 5.74) is 0.292. The molecule has 1 unspecified atom stereocenters. The molecule has 0 aliphatic carbocycles. The molecular weight excluding hydrogens is 469 g/mol. The van der Waals surface area contributed by atoms with Crippen molar-refractivity contribution in [2.75, 3.05) is 18.6 Å². The second kappa shape index (κ2) is 9.21. The van der Waals surface area contributed by atoms with Crippen LogP contribution in [0.3, 0.4) is 0 Å². The summed E-state index contributed by atoms with van der Waals surface area (Å²) in [5, 5.41) is 11.6. The van der Waals surface area contributed by atoms with E-state index in [1.807, 2.05) is 6.92 Å². The van der Waals surface area contributed by atoms with Gasteiger partial charge in [0.15, 0.2) is 0 Å². The maximum Gasteiger partial charge on any atom is 0.300 e. The van der Waals surface area contributed by atoms with Crippen molar-refractivity contribution in [3.8, 4) is 11.5 Å². The summed E-state index contributed by atoms with van der Waals surface area (Å²) in [4.78, 5) is 27.6. The van der Waals surface area contributed by atoms with Crippen LogP contribution in [-0.2, 0) is 9.59 Å². The number of Topliss-reactive ketones (excluding diaryl/α,β-unsaturated/α-hetero) is 1. The minimum absolute atomic E-state index is 0.0765. The SMILES string of the molecule is CCOc1cccc(N2C(=O)C(=O)/C(=C(\O)c3cc(Cl)cc(Cl)c3OC)C2c2ccco2)c1. The van der Waals surface area contributed by atoms with E-state index in [4.69, 9.17) is 37.1 Å². The van der Waals surface area contributed by atoms with Crippen LogP contribution in [0.15, 0.2) is 64.8 Å². The van der Waals surface area contributed by atoms with E-state index in [9.17, 15) is 14.7 Å². The van der Waals surface area contributed by atoms with Crippen LogP contribution in [-0.4, -0.2) is 30.5 Å². The van der Waals surface area contributed by atoms with Gasteiger partial charge in [-0.1, -0.05) is 29.3 Å². The lowest BCUT2D eigenvalue weighted by Gasteiger charge is -2.24. The van der Waals surface area contributed by atoms with Gasteiger partial charge in [0, 0.05) is 16.8 Å². The molecule has 0 bridgehead atoms. The second-order valence-electron chi connectivity index (χ2n) is 7.08. The van der Waals surface area contributed by atoms with Gasteiger partial charge in [-0.3, -0.25) is 14.5 Å². The molecule has 1 aliphatic heterocycles. The number of amides is 1. The highest BCUT2D eigenvalue weighted by Gasteiger charge is 2.48. The molecule has 0 radical (unpaired) electrons. The minimum atomic E-state index is -1.04. The molecule has 1 saturated heterocycles. The molecule has 170 valence electrons. The van der Waals surface area contributed by atoms with Gasteiger partial charge in [-0.05, 0) is 43.3 Å². The summed E-state index contributed by atoms with van der Waals surface area (Å²) < 4.78 is 16.4. The molecule has 4 rings (SSSR count). The number of hydrogen-bond donors (Lipinski definition) is 1. The summed E-state index contributed by atoms with van der Waals surface area (Å²) in [5.74, 6) is -1.30. The van der Waals surface area contributed by atoms with Gasteiger partial charge in [0.25, 0.3) is 11.7 Å². The van der Waals surface area contributed by atoms with E-state index in [1.54, 1.807) is 36.4 Å². The van der Waals surface area contributed by atoms with Gasteiger partial charge in [-0.25, -0.2) is 0 Å². The van der Waals surface area contributed by atoms with E-state index < -0.39 is 23.5 Å². The summed E-state index contributed by atoms with van der Waals surface area (Å²) >= 11 is 12.4. The predicted octanol–water partition coefficient (Wildman–Crippen LogP) is 5.62. The standard InChI is InChI=1S/C24H19Cl2NO6/c1-3-32-15-7-4-6-14(12-15)27-20(18-8-5-9-33-18)19(22(29)24(27)30)21(28)16-10-13(25)11-17(26)23(16)31-2/h4-12,20,28H,3H2,1-2H3/b21-19-. The van der Waals surface area contributed by atoms with Gasteiger partial charge >= 0.3 is 0 Å². The van der Waals surface area contributed by atoms with Crippen LogP contribution in [0.5, 0.6) is 11.5 Å². The van der Waals surface area contributed by atoms with E-state index >= 15 is 0 Å². The number of aliphatic hydroxyl groups is 1. The highest BCUT2D eigenvalue weighted by Crippen LogP contribution is 2.45. The van der Waals surface area contributed by atoms with Gasteiger partial charge in [-0.2, -0.15) is 0 Å². The predicted molar refractivity (Wildman–Crippen MR) is 124 cm³/mol. The summed E-state index contributed by atoms with van der Waals surface area (Å²) in [7, 11) is 1.37. The fraction of sp³-hybridized carbons (Fsp3) is 0.167. The van der Waals surface area contributed by atoms with Crippen LogP contribution in [0.4, 0.5) is 5.69 Å². The molecule has 1 aliphatic rings. The zero-order chi connectivity index (χ0) is 23.7. The second-order valence-corrected chi connectivity index (χ2v) is 7.93. The zero-order valence-electron chi connectivity index (χ0n) is 17.7. The van der Waals surface area contributed by atoms with Crippen molar-refractivity contribution in [3.63, 3.8) is 0 Å². The Labute approximate surface area is 199 Å². The van der Waals surface area contributed by atoms with Crippen molar-refractivity contribution in [2.24, 2.45) is 0 Å². The number of benzene rings is 2. The molecule has 7 nitrogen and oxygen atoms in total. The Balaban J connectivity index is 1.95. The van der Waals surface area contributed by atoms with E-state index in [0.717, 1.165) is 0 Å². The Kier molecular flexibility index (Phi) is 6.35. The van der Waals surface area contributed by atoms with Gasteiger partial charge < -0.3 is 19.0 Å². The molecule has 1 N–H and O–H groups in total. The van der Waals surface area contributed by atoms with E-state index in [2.05, 4.69) is 0 Å². The Morgan fingerprint density at radius 2 is 1.94 bits per heavy atom. The third kappa shape index (κ3) is 4.05. The highest BCUT2D eigenvalue weighted by molar-refractivity contribution is 6.51. The number of aliphatic hydroxyl groups excluding tert-OH is 1. The van der Waals surface area contributed by atoms with Crippen LogP contribution in [0, 0.1) is 0 Å². The van der Waals surface area contributed by atoms with E-state index in [-0.39, 0.29) is 32.7 Å². The first-order valence-corrected chi connectivity index (χ1v) is 10.7. The number of anilines is 1. The third-order valence-corrected chi connectivity index (χ3v) is 5.63. The number of methoxy groups -OCH3 is 1. The first-order chi connectivity index (χ1) is 15.9. The fourth-order valence-corrected chi connectivity index (χ4v) is 4.36. The number of rotatable bonds is 6. The molecule has 0 saturated carbocycles. The maximum atomic E-state index is 13.2. The summed E-state index contributed by atoms with van der Waals surface area (Å²) in [6, 6.07) is 11.8. The number of ketones is 1. The Bertz CT molecular complexity index is 1250. The quantitative estimate of drug-likeness (QED) is 0.275. The smallest absolute Gasteiger partial charge is 0.300 e. The van der Waals surface area contributed by atoms with Crippen LogP contribution in [0.2, 0.25) is 10.0 Å². The number of carbonyl (C=O) groups is 2. The summed E-state index contributed by atoms with van der Waals surface area (Å²) in [6.07, 6.45) is 1.42. The highest BCUT2D eigenvalue weighted by atomic mass is 35.5. The molecule has 1 atom stereocenters. The number of halogens is 2. The monoisotopic (exact) mass is 487 g/mol. The number of nitrogens with zero attached hydrogens (tertiary/aromatic N) is 1. The van der Waals surface area contributed by atoms with Gasteiger partial charge in [-0.15, -0.1) is 0 Å². The average Bonchev–Trinajstić information content (AvgIpc) is 3.40. The first kappa shape index (κ1) is 22.8. The molecule has 3 aromatic rings. The Morgan fingerprint density at radius 1 is 1.15 bits per heavy atom. The van der Waals surface area contributed by atoms with E-state index in [1.165, 1.54) is 30.4 Å². The van der Waals surface area contributed by atoms with E-state index in [0.29, 0.717) is 18.0 Å². The van der Waals surface area contributed by atoms with Crippen molar-refractivity contribution < 1.29 is 28.6 Å². The lowest BCUT2D eigenvalue weighted by atomic mass is 9.98. The van der Waals surface area contributed by atoms with Crippen LogP contribution in [0.1, 0.15) is 24.3 Å².